The third-order valence-corrected chi connectivity index (χ3v) is 5.45. The van der Waals surface area contributed by atoms with Crippen LogP contribution in [0.2, 0.25) is 0 Å². The molecule has 4 aromatic carbocycles. The maximum Gasteiger partial charge on any atom is 0.124 e. The molecule has 0 aliphatic heterocycles. The molecule has 0 aliphatic carbocycles. The van der Waals surface area contributed by atoms with Gasteiger partial charge in [-0.15, -0.1) is 0 Å². The number of rotatable bonds is 6. The molecule has 0 radical (unpaired) electrons. The molecule has 4 nitrogen and oxygen atoms in total. The quantitative estimate of drug-likeness (QED) is 0.164. The van der Waals surface area contributed by atoms with Crippen LogP contribution in [0.15, 0.2) is 128 Å². The predicted molar refractivity (Wildman–Crippen MR) is 136 cm³/mol. The first-order valence-corrected chi connectivity index (χ1v) is 11.3. The summed E-state index contributed by atoms with van der Waals surface area (Å²) in [5, 5.41) is 19.0. The van der Waals surface area contributed by atoms with Crippen LogP contribution in [-0.2, 0) is 16.5 Å². The number of aromatic hydroxyl groups is 2. The minimum atomic E-state index is 0. The van der Waals surface area contributed by atoms with Gasteiger partial charge in [0.25, 0.3) is 0 Å². The van der Waals surface area contributed by atoms with Crippen LogP contribution in [0, 0.1) is 0 Å². The number of phenols is 2. The average molecular weight is 517 g/mol. The van der Waals surface area contributed by atoms with Crippen LogP contribution in [0.4, 0.5) is 0 Å². The smallest absolute Gasteiger partial charge is 0.124 e. The Morgan fingerprint density at radius 1 is 0.485 bits per heavy atom. The van der Waals surface area contributed by atoms with Crippen molar-refractivity contribution in [3.05, 3.63) is 120 Å². The summed E-state index contributed by atoms with van der Waals surface area (Å²) in [6.45, 7) is 0. The summed E-state index contributed by atoms with van der Waals surface area (Å²) in [7, 11) is 0. The molecule has 0 aromatic heterocycles. The number of benzene rings is 4. The van der Waals surface area contributed by atoms with Crippen molar-refractivity contribution >= 4 is 36.3 Å². The van der Waals surface area contributed by atoms with Crippen molar-refractivity contribution in [2.45, 2.75) is 9.79 Å². The van der Waals surface area contributed by atoms with Gasteiger partial charge in [0.2, 0.25) is 0 Å². The molecule has 2 N–H and O–H groups in total. The SMILES string of the molecule is Oc1ccccc1/C=N/Sc1ccccc1.Oc1ccccc1/C=N/Sc1ccccc1.[Ni]. The number of hydrogen-bond donors (Lipinski definition) is 2. The van der Waals surface area contributed by atoms with E-state index in [9.17, 15) is 10.2 Å². The molecule has 4 rings (SSSR count). The van der Waals surface area contributed by atoms with E-state index in [0.717, 1.165) is 20.9 Å². The van der Waals surface area contributed by atoms with Crippen molar-refractivity contribution in [3.8, 4) is 11.5 Å². The van der Waals surface area contributed by atoms with E-state index in [2.05, 4.69) is 8.80 Å². The van der Waals surface area contributed by atoms with Gasteiger partial charge in [-0.3, -0.25) is 0 Å². The fraction of sp³-hybridized carbons (Fsp3) is 0. The second-order valence-corrected chi connectivity index (χ2v) is 8.12. The Hall–Kier alpha value is -2.99. The van der Waals surface area contributed by atoms with Gasteiger partial charge in [0.05, 0.1) is 0 Å². The summed E-state index contributed by atoms with van der Waals surface area (Å²) < 4.78 is 8.41. The van der Waals surface area contributed by atoms with Crippen LogP contribution in [0.3, 0.4) is 0 Å². The molecular formula is C26H22N2NiO2S2. The zero-order valence-electron chi connectivity index (χ0n) is 17.5. The number of hydrogen-bond acceptors (Lipinski definition) is 6. The van der Waals surface area contributed by atoms with Gasteiger partial charge in [0.15, 0.2) is 0 Å². The Kier molecular flexibility index (Phi) is 11.9. The Bertz CT molecular complexity index is 1060. The fourth-order valence-electron chi connectivity index (χ4n) is 2.44. The molecule has 7 heteroatoms. The molecule has 33 heavy (non-hydrogen) atoms. The average Bonchev–Trinajstić information content (AvgIpc) is 2.83. The molecule has 0 bridgehead atoms. The van der Waals surface area contributed by atoms with E-state index in [0.29, 0.717) is 0 Å². The van der Waals surface area contributed by atoms with E-state index in [4.69, 9.17) is 0 Å². The molecule has 0 saturated heterocycles. The van der Waals surface area contributed by atoms with Crippen molar-refractivity contribution in [1.82, 2.24) is 0 Å². The van der Waals surface area contributed by atoms with Crippen LogP contribution in [0.1, 0.15) is 11.1 Å². The van der Waals surface area contributed by atoms with Crippen molar-refractivity contribution < 1.29 is 26.7 Å². The van der Waals surface area contributed by atoms with Gasteiger partial charge < -0.3 is 10.2 Å². The Balaban J connectivity index is 0.000000227. The molecule has 0 heterocycles. The van der Waals surface area contributed by atoms with Gasteiger partial charge in [0.1, 0.15) is 11.5 Å². The summed E-state index contributed by atoms with van der Waals surface area (Å²) in [5.74, 6) is 0.500. The van der Waals surface area contributed by atoms with Crippen molar-refractivity contribution in [2.24, 2.45) is 8.80 Å². The van der Waals surface area contributed by atoms with Gasteiger partial charge in [-0.1, -0.05) is 60.7 Å². The summed E-state index contributed by atoms with van der Waals surface area (Å²) >= 11 is 2.76. The molecule has 4 aromatic rings. The maximum absolute atomic E-state index is 9.51. The summed E-state index contributed by atoms with van der Waals surface area (Å²) in [6.07, 6.45) is 3.32. The van der Waals surface area contributed by atoms with Gasteiger partial charge in [-0.2, -0.15) is 0 Å². The topological polar surface area (TPSA) is 65.2 Å². The molecular weight excluding hydrogens is 495 g/mol. The Morgan fingerprint density at radius 2 is 0.818 bits per heavy atom. The summed E-state index contributed by atoms with van der Waals surface area (Å²) in [5.41, 5.74) is 1.46. The Morgan fingerprint density at radius 3 is 1.18 bits per heavy atom. The van der Waals surface area contributed by atoms with E-state index in [1.54, 1.807) is 36.7 Å². The first-order valence-electron chi connectivity index (χ1n) is 9.79. The molecule has 0 fully saturated rings. The third-order valence-electron chi connectivity index (χ3n) is 4.06. The standard InChI is InChI=1S/2C13H11NOS.Ni/c2*15-13-9-5-4-6-11(13)10-14-16-12-7-2-1-3-8-12;/h2*1-10,15H;/b2*14-10+;. The normalized spacial score (nSPS) is 10.4. The van der Waals surface area contributed by atoms with E-state index in [-0.39, 0.29) is 28.0 Å². The molecule has 0 unspecified atom stereocenters. The molecule has 0 aliphatic rings. The van der Waals surface area contributed by atoms with E-state index in [1.807, 2.05) is 84.9 Å². The van der Waals surface area contributed by atoms with Crippen LogP contribution in [-0.4, -0.2) is 22.6 Å². The van der Waals surface area contributed by atoms with E-state index >= 15 is 0 Å². The maximum atomic E-state index is 9.51. The second kappa shape index (κ2) is 15.0. The number of phenolic OH excluding ortho intramolecular Hbond substituents is 2. The van der Waals surface area contributed by atoms with E-state index < -0.39 is 0 Å². The third kappa shape index (κ3) is 9.58. The van der Waals surface area contributed by atoms with Crippen molar-refractivity contribution in [3.63, 3.8) is 0 Å². The molecule has 0 spiro atoms. The van der Waals surface area contributed by atoms with Gasteiger partial charge in [0, 0.05) is 73.7 Å². The van der Waals surface area contributed by atoms with Crippen LogP contribution >= 0.6 is 23.9 Å². The molecule has 170 valence electrons. The minimum absolute atomic E-state index is 0. The van der Waals surface area contributed by atoms with Crippen molar-refractivity contribution in [2.75, 3.05) is 0 Å². The summed E-state index contributed by atoms with van der Waals surface area (Å²) in [6, 6.07) is 34.0. The van der Waals surface area contributed by atoms with Crippen LogP contribution in [0.25, 0.3) is 0 Å². The largest absolute Gasteiger partial charge is 0.507 e. The number of para-hydroxylation sites is 2. The number of nitrogens with zero attached hydrogens (tertiary/aromatic N) is 2. The van der Waals surface area contributed by atoms with E-state index in [1.165, 1.54) is 23.9 Å². The minimum Gasteiger partial charge on any atom is -0.507 e. The Labute approximate surface area is 212 Å². The van der Waals surface area contributed by atoms with Crippen LogP contribution in [0.5, 0.6) is 11.5 Å². The predicted octanol–water partition coefficient (Wildman–Crippen LogP) is 7.03. The zero-order valence-corrected chi connectivity index (χ0v) is 20.1. The monoisotopic (exact) mass is 516 g/mol. The zero-order chi connectivity index (χ0) is 22.4. The first-order chi connectivity index (χ1) is 15.7. The van der Waals surface area contributed by atoms with Crippen LogP contribution < -0.4 is 0 Å². The second-order valence-electron chi connectivity index (χ2n) is 6.40. The van der Waals surface area contributed by atoms with Gasteiger partial charge in [-0.05, 0) is 48.5 Å². The first kappa shape index (κ1) is 26.3. The van der Waals surface area contributed by atoms with Gasteiger partial charge >= 0.3 is 0 Å². The molecule has 0 saturated carbocycles. The summed E-state index contributed by atoms with van der Waals surface area (Å²) in [4.78, 5) is 2.16. The molecule has 0 atom stereocenters. The van der Waals surface area contributed by atoms with Crippen molar-refractivity contribution in [1.29, 1.82) is 0 Å². The molecule has 0 amide bonds. The van der Waals surface area contributed by atoms with Gasteiger partial charge in [-0.25, -0.2) is 8.80 Å². The fourth-order valence-corrected chi connectivity index (χ4v) is 3.58.